The molecule has 0 spiro atoms. The van der Waals surface area contributed by atoms with Crippen LogP contribution in [0.2, 0.25) is 0 Å². The zero-order chi connectivity index (χ0) is 19.5. The maximum atomic E-state index is 13.4. The molecule has 26 heavy (non-hydrogen) atoms. The van der Waals surface area contributed by atoms with Gasteiger partial charge in [0, 0.05) is 0 Å². The van der Waals surface area contributed by atoms with Crippen molar-refractivity contribution in [1.82, 2.24) is 0 Å². The summed E-state index contributed by atoms with van der Waals surface area (Å²) in [5.41, 5.74) is -0.537. The summed E-state index contributed by atoms with van der Waals surface area (Å²) in [7, 11) is 0. The zero-order valence-electron chi connectivity index (χ0n) is 14.1. The Morgan fingerprint density at radius 2 is 1.69 bits per heavy atom. The lowest BCUT2D eigenvalue weighted by atomic mass is 10.3. The second kappa shape index (κ2) is 11.4. The first kappa shape index (κ1) is 21.8. The average molecular weight is 393 g/mol. The molecule has 0 saturated carbocycles. The van der Waals surface area contributed by atoms with Crippen LogP contribution in [0.4, 0.5) is 18.9 Å². The lowest BCUT2D eigenvalue weighted by Gasteiger charge is -2.09. The van der Waals surface area contributed by atoms with Crippen LogP contribution in [0.5, 0.6) is 0 Å². The third kappa shape index (κ3) is 6.60. The van der Waals surface area contributed by atoms with Crippen molar-refractivity contribution in [3.8, 4) is 0 Å². The molecule has 0 heterocycles. The van der Waals surface area contributed by atoms with Gasteiger partial charge in [0.15, 0.2) is 23.0 Å². The van der Waals surface area contributed by atoms with Crippen LogP contribution in [0.3, 0.4) is 0 Å². The molecule has 0 aliphatic carbocycles. The van der Waals surface area contributed by atoms with Crippen molar-refractivity contribution in [1.29, 1.82) is 0 Å². The minimum Gasteiger partial charge on any atom is -0.462 e. The molecule has 144 valence electrons. The largest absolute Gasteiger partial charge is 0.462 e. The predicted molar refractivity (Wildman–Crippen MR) is 89.7 cm³/mol. The van der Waals surface area contributed by atoms with Gasteiger partial charge in [-0.2, -0.15) is 0 Å². The third-order valence-corrected chi connectivity index (χ3v) is 3.45. The lowest BCUT2D eigenvalue weighted by molar-refractivity contribution is -0.146. The van der Waals surface area contributed by atoms with Crippen molar-refractivity contribution in [3.63, 3.8) is 0 Å². The van der Waals surface area contributed by atoms with Gasteiger partial charge < -0.3 is 19.5 Å². The van der Waals surface area contributed by atoms with Gasteiger partial charge in [-0.1, -0.05) is 0 Å². The van der Waals surface area contributed by atoms with Crippen LogP contribution in [0.25, 0.3) is 0 Å². The summed E-state index contributed by atoms with van der Waals surface area (Å²) in [5, 5.41) is 3.66. The van der Waals surface area contributed by atoms with E-state index < -0.39 is 29.4 Å². The number of hydrogen-bond acceptors (Lipinski definition) is 7. The van der Waals surface area contributed by atoms with Crippen LogP contribution in [-0.4, -0.2) is 37.8 Å². The van der Waals surface area contributed by atoms with Crippen molar-refractivity contribution in [2.75, 3.05) is 31.2 Å². The molecular weight excluding hydrogens is 375 g/mol. The number of ether oxygens (including phenoxy) is 3. The van der Waals surface area contributed by atoms with Gasteiger partial charge in [-0.25, -0.2) is 22.8 Å². The van der Waals surface area contributed by atoms with Gasteiger partial charge >= 0.3 is 11.9 Å². The van der Waals surface area contributed by atoms with Gasteiger partial charge in [0.1, 0.15) is 6.73 Å². The van der Waals surface area contributed by atoms with Gasteiger partial charge in [0.05, 0.1) is 24.8 Å². The number of benzene rings is 1. The van der Waals surface area contributed by atoms with E-state index in [1.807, 2.05) is 0 Å². The molecular formula is C16H18F3NO5S. The first-order valence-electron chi connectivity index (χ1n) is 7.53. The first-order chi connectivity index (χ1) is 12.4. The Kier molecular flexibility index (Phi) is 9.60. The summed E-state index contributed by atoms with van der Waals surface area (Å²) in [6.45, 7) is 3.18. The second-order valence-corrected chi connectivity index (χ2v) is 5.31. The Bertz CT molecular complexity index is 650. The number of hydrogen-bond donors (Lipinski definition) is 1. The summed E-state index contributed by atoms with van der Waals surface area (Å²) < 4.78 is 53.9. The SMILES string of the molecule is CCOC(=O)C(=CSCOCNc1ccc(F)c(F)c1F)C(=O)OCC. The molecule has 1 rings (SSSR count). The predicted octanol–water partition coefficient (Wildman–Crippen LogP) is 3.19. The fraction of sp³-hybridized carbons (Fsp3) is 0.375. The van der Waals surface area contributed by atoms with Crippen molar-refractivity contribution < 1.29 is 37.0 Å². The Balaban J connectivity index is 2.49. The van der Waals surface area contributed by atoms with E-state index in [4.69, 9.17) is 14.2 Å². The molecule has 1 aromatic carbocycles. The molecule has 10 heteroatoms. The minimum atomic E-state index is -1.58. The number of thioether (sulfide) groups is 1. The van der Waals surface area contributed by atoms with Gasteiger partial charge in [-0.15, -0.1) is 11.8 Å². The Morgan fingerprint density at radius 3 is 2.27 bits per heavy atom. The molecule has 0 radical (unpaired) electrons. The molecule has 0 amide bonds. The van der Waals surface area contributed by atoms with Gasteiger partial charge in [-0.05, 0) is 31.4 Å². The van der Waals surface area contributed by atoms with Crippen molar-refractivity contribution in [2.24, 2.45) is 0 Å². The van der Waals surface area contributed by atoms with E-state index in [0.29, 0.717) is 0 Å². The number of anilines is 1. The quantitative estimate of drug-likeness (QED) is 0.124. The number of nitrogens with one attached hydrogen (secondary N) is 1. The standard InChI is InChI=1S/C16H18F3NO5S/c1-3-24-15(21)10(16(22)25-4-2)7-26-9-23-8-20-12-6-5-11(17)13(18)14(12)19/h5-7,20H,3-4,8-9H2,1-2H3. The Hall–Kier alpha value is -2.20. The normalized spacial score (nSPS) is 10.2. The lowest BCUT2D eigenvalue weighted by Crippen LogP contribution is -2.18. The molecule has 0 atom stereocenters. The number of carbonyl (C=O) groups excluding carboxylic acids is 2. The second-order valence-electron chi connectivity index (χ2n) is 4.51. The molecule has 1 aromatic rings. The van der Waals surface area contributed by atoms with Crippen molar-refractivity contribution in [2.45, 2.75) is 13.8 Å². The summed E-state index contributed by atoms with van der Waals surface area (Å²) in [6.07, 6.45) is 0. The molecule has 0 saturated heterocycles. The maximum Gasteiger partial charge on any atom is 0.346 e. The smallest absolute Gasteiger partial charge is 0.346 e. The van der Waals surface area contributed by atoms with Crippen LogP contribution in [-0.2, 0) is 23.8 Å². The zero-order valence-corrected chi connectivity index (χ0v) is 15.0. The molecule has 0 unspecified atom stereocenters. The average Bonchev–Trinajstić information content (AvgIpc) is 2.61. The molecule has 1 N–H and O–H groups in total. The maximum absolute atomic E-state index is 13.4. The number of carbonyl (C=O) groups is 2. The highest BCUT2D eigenvalue weighted by atomic mass is 32.2. The molecule has 0 aliphatic rings. The monoisotopic (exact) mass is 393 g/mol. The van der Waals surface area contributed by atoms with Crippen LogP contribution >= 0.6 is 11.8 Å². The summed E-state index contributed by atoms with van der Waals surface area (Å²) in [6, 6.07) is 1.81. The van der Waals surface area contributed by atoms with E-state index in [9.17, 15) is 22.8 Å². The summed E-state index contributed by atoms with van der Waals surface area (Å²) >= 11 is 0.961. The van der Waals surface area contributed by atoms with Crippen molar-refractivity contribution in [3.05, 3.63) is 40.6 Å². The third-order valence-electron chi connectivity index (χ3n) is 2.74. The van der Waals surface area contributed by atoms with Crippen molar-refractivity contribution >= 4 is 29.4 Å². The molecule has 0 bridgehead atoms. The highest BCUT2D eigenvalue weighted by Crippen LogP contribution is 2.19. The van der Waals surface area contributed by atoms with Crippen LogP contribution < -0.4 is 5.32 Å². The molecule has 6 nitrogen and oxygen atoms in total. The van der Waals surface area contributed by atoms with E-state index >= 15 is 0 Å². The van der Waals surface area contributed by atoms with Crippen LogP contribution in [0.1, 0.15) is 13.8 Å². The Morgan fingerprint density at radius 1 is 1.08 bits per heavy atom. The number of rotatable bonds is 10. The topological polar surface area (TPSA) is 73.9 Å². The minimum absolute atomic E-state index is 0.0133. The van der Waals surface area contributed by atoms with E-state index in [1.54, 1.807) is 13.8 Å². The van der Waals surface area contributed by atoms with E-state index in [0.717, 1.165) is 23.9 Å². The fourth-order valence-electron chi connectivity index (χ4n) is 1.60. The number of esters is 2. The van der Waals surface area contributed by atoms with Crippen LogP contribution in [0.15, 0.2) is 23.1 Å². The van der Waals surface area contributed by atoms with Gasteiger partial charge in [0.2, 0.25) is 0 Å². The van der Waals surface area contributed by atoms with E-state index in [2.05, 4.69) is 5.32 Å². The van der Waals surface area contributed by atoms with Gasteiger partial charge in [-0.3, -0.25) is 0 Å². The fourth-order valence-corrected chi connectivity index (χ4v) is 2.20. The molecule has 0 aromatic heterocycles. The van der Waals surface area contributed by atoms with Crippen LogP contribution in [0, 0.1) is 17.5 Å². The number of halogens is 3. The van der Waals surface area contributed by atoms with Gasteiger partial charge in [0.25, 0.3) is 0 Å². The summed E-state index contributed by atoms with van der Waals surface area (Å²) in [5.74, 6) is -5.88. The summed E-state index contributed by atoms with van der Waals surface area (Å²) in [4.78, 5) is 23.4. The molecule has 0 fully saturated rings. The van der Waals surface area contributed by atoms with E-state index in [1.165, 1.54) is 5.41 Å². The Labute approximate surface area is 152 Å². The highest BCUT2D eigenvalue weighted by Gasteiger charge is 2.20. The first-order valence-corrected chi connectivity index (χ1v) is 8.58. The molecule has 0 aliphatic heterocycles. The van der Waals surface area contributed by atoms with E-state index in [-0.39, 0.29) is 37.1 Å². The highest BCUT2D eigenvalue weighted by molar-refractivity contribution is 8.02.